The van der Waals surface area contributed by atoms with Gasteiger partial charge in [-0.15, -0.1) is 11.3 Å². The highest BCUT2D eigenvalue weighted by Crippen LogP contribution is 2.25. The first-order valence-corrected chi connectivity index (χ1v) is 5.45. The Hall–Kier alpha value is -0.310. The van der Waals surface area contributed by atoms with E-state index in [1.54, 1.807) is 11.3 Å². The van der Waals surface area contributed by atoms with Crippen LogP contribution in [0.1, 0.15) is 25.5 Å². The van der Waals surface area contributed by atoms with Crippen LogP contribution in [-0.2, 0) is 0 Å². The van der Waals surface area contributed by atoms with E-state index in [9.17, 15) is 0 Å². The van der Waals surface area contributed by atoms with Crippen molar-refractivity contribution in [2.24, 2.45) is 0 Å². The molecule has 0 spiro atoms. The second-order valence-electron chi connectivity index (χ2n) is 3.19. The summed E-state index contributed by atoms with van der Waals surface area (Å²) in [6.07, 6.45) is 2.19. The maximum atomic E-state index is 5.87. The molecule has 1 N–H and O–H groups in total. The van der Waals surface area contributed by atoms with Crippen molar-refractivity contribution in [3.8, 4) is 0 Å². The zero-order valence-electron chi connectivity index (χ0n) is 8.10. The van der Waals surface area contributed by atoms with Crippen molar-refractivity contribution in [3.63, 3.8) is 0 Å². The van der Waals surface area contributed by atoms with E-state index in [1.807, 2.05) is 13.1 Å². The lowest BCUT2D eigenvalue weighted by atomic mass is 10.1. The van der Waals surface area contributed by atoms with E-state index < -0.39 is 0 Å². The third-order valence-corrected chi connectivity index (χ3v) is 2.87. The molecule has 1 aromatic heterocycles. The molecule has 1 aromatic rings. The van der Waals surface area contributed by atoms with Gasteiger partial charge in [0.2, 0.25) is 0 Å². The summed E-state index contributed by atoms with van der Waals surface area (Å²) in [4.78, 5) is 0. The van der Waals surface area contributed by atoms with Crippen molar-refractivity contribution in [2.75, 3.05) is 7.05 Å². The largest absolute Gasteiger partial charge is 0.310 e. The number of nitrogens with one attached hydrogen (secondary N) is 1. The number of rotatable bonds is 3. The fraction of sp³-hybridized carbons (Fsp3) is 0.400. The average molecular weight is 216 g/mol. The van der Waals surface area contributed by atoms with Gasteiger partial charge in [-0.05, 0) is 37.9 Å². The highest BCUT2D eigenvalue weighted by atomic mass is 35.5. The Kier molecular flexibility index (Phi) is 3.97. The molecule has 1 nitrogen and oxygen atoms in total. The van der Waals surface area contributed by atoms with Gasteiger partial charge in [0.25, 0.3) is 0 Å². The molecule has 1 atom stereocenters. The summed E-state index contributed by atoms with van der Waals surface area (Å²) in [6, 6.07) is 2.29. The standard InChI is InChI=1S/C10H14ClNS/c1-7(2)4-9(12-3)8-5-10(11)13-6-8/h4-6,9,12H,1-3H3. The Balaban J connectivity index is 2.84. The normalized spacial score (nSPS) is 12.6. The minimum atomic E-state index is 0.286. The summed E-state index contributed by atoms with van der Waals surface area (Å²) < 4.78 is 0.845. The summed E-state index contributed by atoms with van der Waals surface area (Å²) in [5.41, 5.74) is 2.54. The molecule has 1 unspecified atom stereocenters. The molecule has 0 radical (unpaired) electrons. The van der Waals surface area contributed by atoms with E-state index in [0.717, 1.165) is 4.34 Å². The zero-order valence-corrected chi connectivity index (χ0v) is 9.67. The molecule has 0 amide bonds. The summed E-state index contributed by atoms with van der Waals surface area (Å²) in [5, 5.41) is 5.32. The van der Waals surface area contributed by atoms with Crippen LogP contribution in [0.5, 0.6) is 0 Å². The predicted octanol–water partition coefficient (Wildman–Crippen LogP) is 3.63. The molecule has 0 aliphatic carbocycles. The van der Waals surface area contributed by atoms with Crippen molar-refractivity contribution >= 4 is 22.9 Å². The van der Waals surface area contributed by atoms with Crippen molar-refractivity contribution in [1.82, 2.24) is 5.32 Å². The summed E-state index contributed by atoms with van der Waals surface area (Å²) in [6.45, 7) is 4.19. The highest BCUT2D eigenvalue weighted by molar-refractivity contribution is 7.14. The van der Waals surface area contributed by atoms with Crippen LogP contribution in [0.2, 0.25) is 4.34 Å². The first-order chi connectivity index (χ1) is 6.13. The molecule has 3 heteroatoms. The fourth-order valence-corrected chi connectivity index (χ4v) is 2.09. The molecule has 0 aliphatic rings. The van der Waals surface area contributed by atoms with Gasteiger partial charge in [-0.3, -0.25) is 0 Å². The minimum Gasteiger partial charge on any atom is -0.310 e. The number of halogens is 1. The topological polar surface area (TPSA) is 12.0 Å². The van der Waals surface area contributed by atoms with E-state index in [1.165, 1.54) is 11.1 Å². The van der Waals surface area contributed by atoms with E-state index in [0.29, 0.717) is 0 Å². The molecule has 0 aromatic carbocycles. The molecule has 72 valence electrons. The van der Waals surface area contributed by atoms with Gasteiger partial charge >= 0.3 is 0 Å². The van der Waals surface area contributed by atoms with Crippen LogP contribution in [-0.4, -0.2) is 7.05 Å². The minimum absolute atomic E-state index is 0.286. The third kappa shape index (κ3) is 3.14. The van der Waals surface area contributed by atoms with Crippen LogP contribution >= 0.6 is 22.9 Å². The SMILES string of the molecule is CNC(C=C(C)C)c1csc(Cl)c1. The van der Waals surface area contributed by atoms with Crippen LogP contribution < -0.4 is 5.32 Å². The van der Waals surface area contributed by atoms with E-state index in [-0.39, 0.29) is 6.04 Å². The Labute approximate surface area is 88.4 Å². The van der Waals surface area contributed by atoms with Gasteiger partial charge < -0.3 is 5.32 Å². The van der Waals surface area contributed by atoms with E-state index in [2.05, 4.69) is 30.6 Å². The van der Waals surface area contributed by atoms with Gasteiger partial charge in [0.05, 0.1) is 10.4 Å². The molecule has 1 rings (SSSR count). The summed E-state index contributed by atoms with van der Waals surface area (Å²) >= 11 is 7.44. The Morgan fingerprint density at radius 1 is 1.62 bits per heavy atom. The Bertz CT molecular complexity index is 300. The molecule has 0 aliphatic heterocycles. The predicted molar refractivity (Wildman–Crippen MR) is 60.6 cm³/mol. The van der Waals surface area contributed by atoms with Crippen LogP contribution in [0, 0.1) is 0 Å². The monoisotopic (exact) mass is 215 g/mol. The van der Waals surface area contributed by atoms with Gasteiger partial charge in [-0.25, -0.2) is 0 Å². The zero-order chi connectivity index (χ0) is 9.84. The van der Waals surface area contributed by atoms with Gasteiger partial charge in [-0.1, -0.05) is 23.3 Å². The van der Waals surface area contributed by atoms with E-state index in [4.69, 9.17) is 11.6 Å². The highest BCUT2D eigenvalue weighted by Gasteiger charge is 2.07. The van der Waals surface area contributed by atoms with Crippen molar-refractivity contribution in [1.29, 1.82) is 0 Å². The Morgan fingerprint density at radius 2 is 2.31 bits per heavy atom. The summed E-state index contributed by atoms with van der Waals surface area (Å²) in [5.74, 6) is 0. The first-order valence-electron chi connectivity index (χ1n) is 4.19. The molecular formula is C10H14ClNS. The average Bonchev–Trinajstić information content (AvgIpc) is 2.47. The Morgan fingerprint density at radius 3 is 2.69 bits per heavy atom. The quantitative estimate of drug-likeness (QED) is 0.760. The molecule has 0 saturated carbocycles. The second-order valence-corrected chi connectivity index (χ2v) is 4.74. The van der Waals surface area contributed by atoms with E-state index >= 15 is 0 Å². The summed E-state index contributed by atoms with van der Waals surface area (Å²) in [7, 11) is 1.95. The fourth-order valence-electron chi connectivity index (χ4n) is 1.17. The van der Waals surface area contributed by atoms with Crippen LogP contribution in [0.4, 0.5) is 0 Å². The van der Waals surface area contributed by atoms with Crippen LogP contribution in [0.15, 0.2) is 23.1 Å². The lowest BCUT2D eigenvalue weighted by molar-refractivity contribution is 0.712. The van der Waals surface area contributed by atoms with Gasteiger partial charge in [0, 0.05) is 0 Å². The smallest absolute Gasteiger partial charge is 0.0931 e. The van der Waals surface area contributed by atoms with Crippen LogP contribution in [0.3, 0.4) is 0 Å². The number of hydrogen-bond donors (Lipinski definition) is 1. The number of likely N-dealkylation sites (N-methyl/N-ethyl adjacent to an activating group) is 1. The first kappa shape index (κ1) is 10.8. The van der Waals surface area contributed by atoms with Crippen molar-refractivity contribution in [2.45, 2.75) is 19.9 Å². The lowest BCUT2D eigenvalue weighted by Crippen LogP contribution is -2.13. The molecular weight excluding hydrogens is 202 g/mol. The molecule has 0 bridgehead atoms. The lowest BCUT2D eigenvalue weighted by Gasteiger charge is -2.10. The van der Waals surface area contributed by atoms with Gasteiger partial charge in [0.1, 0.15) is 0 Å². The van der Waals surface area contributed by atoms with Crippen molar-refractivity contribution in [3.05, 3.63) is 33.0 Å². The van der Waals surface area contributed by atoms with Crippen molar-refractivity contribution < 1.29 is 0 Å². The third-order valence-electron chi connectivity index (χ3n) is 1.76. The maximum absolute atomic E-state index is 5.87. The molecule has 13 heavy (non-hydrogen) atoms. The number of thiophene rings is 1. The van der Waals surface area contributed by atoms with Crippen LogP contribution in [0.25, 0.3) is 0 Å². The maximum Gasteiger partial charge on any atom is 0.0931 e. The van der Waals surface area contributed by atoms with Gasteiger partial charge in [-0.2, -0.15) is 0 Å². The number of allylic oxidation sites excluding steroid dienone is 1. The molecule has 0 fully saturated rings. The molecule has 0 saturated heterocycles. The molecule has 1 heterocycles. The van der Waals surface area contributed by atoms with Gasteiger partial charge in [0.15, 0.2) is 0 Å². The second kappa shape index (κ2) is 4.80. The number of hydrogen-bond acceptors (Lipinski definition) is 2.